The number of hydrogen-bond donors (Lipinski definition) is 2. The van der Waals surface area contributed by atoms with E-state index in [4.69, 9.17) is 10.5 Å². The Balaban J connectivity index is 1.39. The Bertz CT molecular complexity index is 937. The van der Waals surface area contributed by atoms with Gasteiger partial charge in [-0.3, -0.25) is 0 Å². The van der Waals surface area contributed by atoms with Crippen molar-refractivity contribution in [3.8, 4) is 5.75 Å². The minimum atomic E-state index is 0.0598. The molecule has 180 valence electrons. The van der Waals surface area contributed by atoms with Gasteiger partial charge in [-0.05, 0) is 95.7 Å². The summed E-state index contributed by atoms with van der Waals surface area (Å²) in [5.74, 6) is 2.22. The van der Waals surface area contributed by atoms with Crippen molar-refractivity contribution in [3.05, 3.63) is 64.7 Å². The maximum absolute atomic E-state index is 6.47. The average molecular weight is 449 g/mol. The lowest BCUT2D eigenvalue weighted by molar-refractivity contribution is 0.0259. The Hall–Kier alpha value is -1.84. The molecule has 2 aliphatic rings. The highest BCUT2D eigenvalue weighted by Gasteiger charge is 2.51. The summed E-state index contributed by atoms with van der Waals surface area (Å²) >= 11 is 0. The van der Waals surface area contributed by atoms with Gasteiger partial charge in [0.2, 0.25) is 0 Å². The van der Waals surface area contributed by atoms with Crippen LogP contribution in [0.4, 0.5) is 0 Å². The standard InChI is InChI=1S/C30H44N2O/c1-21(2)23-9-13-26-24(19-23)10-14-28-29(3,16-6-17-30(26,28)4)20-32-18-15-27(31)22-7-11-25(33-5)12-8-22/h7-9,11-13,19,21,27-28,32H,6,10,14-18,20,31H2,1-5H3. The molecule has 3 N–H and O–H groups in total. The van der Waals surface area contributed by atoms with Crippen LogP contribution in [0.15, 0.2) is 42.5 Å². The third kappa shape index (κ3) is 4.86. The maximum atomic E-state index is 6.47. The van der Waals surface area contributed by atoms with Gasteiger partial charge >= 0.3 is 0 Å². The van der Waals surface area contributed by atoms with Gasteiger partial charge in [0.1, 0.15) is 5.75 Å². The molecule has 2 aromatic carbocycles. The molecule has 0 amide bonds. The molecule has 2 aromatic rings. The zero-order valence-electron chi connectivity index (χ0n) is 21.4. The van der Waals surface area contributed by atoms with E-state index in [1.165, 1.54) is 43.2 Å². The molecule has 0 radical (unpaired) electrons. The second kappa shape index (κ2) is 9.80. The Morgan fingerprint density at radius 2 is 1.79 bits per heavy atom. The minimum Gasteiger partial charge on any atom is -0.497 e. The number of rotatable bonds is 8. The van der Waals surface area contributed by atoms with E-state index in [-0.39, 0.29) is 6.04 Å². The van der Waals surface area contributed by atoms with Crippen LogP contribution < -0.4 is 15.8 Å². The summed E-state index contributed by atoms with van der Waals surface area (Å²) in [6.07, 6.45) is 7.46. The predicted molar refractivity (Wildman–Crippen MR) is 139 cm³/mol. The van der Waals surface area contributed by atoms with E-state index in [2.05, 4.69) is 63.3 Å². The Kier molecular flexibility index (Phi) is 7.21. The average Bonchev–Trinajstić information content (AvgIpc) is 2.81. The highest BCUT2D eigenvalue weighted by molar-refractivity contribution is 5.42. The van der Waals surface area contributed by atoms with Crippen LogP contribution in [0.3, 0.4) is 0 Å². The Morgan fingerprint density at radius 3 is 2.48 bits per heavy atom. The third-order valence-electron chi connectivity index (χ3n) is 8.87. The van der Waals surface area contributed by atoms with Crippen molar-refractivity contribution >= 4 is 0 Å². The van der Waals surface area contributed by atoms with Gasteiger partial charge in [-0.1, -0.05) is 64.4 Å². The van der Waals surface area contributed by atoms with Crippen LogP contribution in [0.5, 0.6) is 5.75 Å². The Labute approximate surface area is 201 Å². The van der Waals surface area contributed by atoms with E-state index in [1.807, 2.05) is 12.1 Å². The van der Waals surface area contributed by atoms with Crippen molar-refractivity contribution in [1.82, 2.24) is 5.32 Å². The lowest BCUT2D eigenvalue weighted by Crippen LogP contribution is -2.52. The first-order valence-corrected chi connectivity index (χ1v) is 13.0. The van der Waals surface area contributed by atoms with Gasteiger partial charge in [0.05, 0.1) is 7.11 Å². The van der Waals surface area contributed by atoms with Crippen LogP contribution >= 0.6 is 0 Å². The fourth-order valence-corrected chi connectivity index (χ4v) is 6.86. The van der Waals surface area contributed by atoms with Crippen molar-refractivity contribution < 1.29 is 4.74 Å². The molecule has 1 fully saturated rings. The molecule has 0 aliphatic heterocycles. The zero-order valence-corrected chi connectivity index (χ0v) is 21.4. The van der Waals surface area contributed by atoms with Crippen molar-refractivity contribution in [2.24, 2.45) is 17.1 Å². The van der Waals surface area contributed by atoms with Crippen molar-refractivity contribution in [2.45, 2.75) is 83.6 Å². The zero-order chi connectivity index (χ0) is 23.6. The summed E-state index contributed by atoms with van der Waals surface area (Å²) in [7, 11) is 1.70. The molecule has 4 atom stereocenters. The molecule has 3 heteroatoms. The number of hydrogen-bond acceptors (Lipinski definition) is 3. The van der Waals surface area contributed by atoms with Gasteiger partial charge in [-0.25, -0.2) is 0 Å². The molecule has 1 saturated carbocycles. The number of nitrogens with two attached hydrogens (primary N) is 1. The smallest absolute Gasteiger partial charge is 0.118 e. The minimum absolute atomic E-state index is 0.0598. The molecule has 0 heterocycles. The number of aryl methyl sites for hydroxylation is 1. The fraction of sp³-hybridized carbons (Fsp3) is 0.600. The normalized spacial score (nSPS) is 27.7. The van der Waals surface area contributed by atoms with Crippen LogP contribution in [0.2, 0.25) is 0 Å². The number of fused-ring (bicyclic) bond motifs is 3. The number of methoxy groups -OCH3 is 1. The van der Waals surface area contributed by atoms with Crippen molar-refractivity contribution in [1.29, 1.82) is 0 Å². The van der Waals surface area contributed by atoms with Crippen LogP contribution in [-0.2, 0) is 11.8 Å². The topological polar surface area (TPSA) is 47.3 Å². The van der Waals surface area contributed by atoms with Crippen LogP contribution in [0.25, 0.3) is 0 Å². The first kappa shape index (κ1) is 24.3. The summed E-state index contributed by atoms with van der Waals surface area (Å²) in [6.45, 7) is 11.8. The van der Waals surface area contributed by atoms with Crippen molar-refractivity contribution in [3.63, 3.8) is 0 Å². The quantitative estimate of drug-likeness (QED) is 0.453. The molecule has 3 nitrogen and oxygen atoms in total. The molecule has 4 rings (SSSR count). The van der Waals surface area contributed by atoms with E-state index >= 15 is 0 Å². The van der Waals surface area contributed by atoms with E-state index in [1.54, 1.807) is 18.2 Å². The highest BCUT2D eigenvalue weighted by atomic mass is 16.5. The second-order valence-corrected chi connectivity index (χ2v) is 11.4. The lowest BCUT2D eigenvalue weighted by atomic mass is 9.49. The second-order valence-electron chi connectivity index (χ2n) is 11.4. The van der Waals surface area contributed by atoms with Crippen molar-refractivity contribution in [2.75, 3.05) is 20.2 Å². The van der Waals surface area contributed by atoms with Crippen LogP contribution in [0.1, 0.15) is 94.0 Å². The van der Waals surface area contributed by atoms with Gasteiger partial charge in [-0.2, -0.15) is 0 Å². The lowest BCUT2D eigenvalue weighted by Gasteiger charge is -2.55. The molecule has 0 bridgehead atoms. The first-order valence-electron chi connectivity index (χ1n) is 13.0. The summed E-state index contributed by atoms with van der Waals surface area (Å²) in [4.78, 5) is 0. The molecule has 0 saturated heterocycles. The molecule has 0 aromatic heterocycles. The number of benzene rings is 2. The molecule has 33 heavy (non-hydrogen) atoms. The molecule has 2 aliphatic carbocycles. The number of nitrogens with one attached hydrogen (secondary N) is 1. The SMILES string of the molecule is COc1ccc(C(N)CCNCC2(C)CCCC3(C)c4ccc(C(C)C)cc4CCC23)cc1. The van der Waals surface area contributed by atoms with Gasteiger partial charge in [0, 0.05) is 12.6 Å². The van der Waals surface area contributed by atoms with Gasteiger partial charge in [0.25, 0.3) is 0 Å². The molecular weight excluding hydrogens is 404 g/mol. The van der Waals surface area contributed by atoms with Crippen LogP contribution in [0, 0.1) is 11.3 Å². The maximum Gasteiger partial charge on any atom is 0.118 e. The van der Waals surface area contributed by atoms with E-state index < -0.39 is 0 Å². The van der Waals surface area contributed by atoms with E-state index in [0.717, 1.165) is 31.2 Å². The summed E-state index contributed by atoms with van der Waals surface area (Å²) < 4.78 is 5.26. The highest BCUT2D eigenvalue weighted by Crippen LogP contribution is 2.57. The van der Waals surface area contributed by atoms with Gasteiger partial charge in [0.15, 0.2) is 0 Å². The van der Waals surface area contributed by atoms with E-state index in [0.29, 0.717) is 16.7 Å². The van der Waals surface area contributed by atoms with E-state index in [9.17, 15) is 0 Å². The molecule has 4 unspecified atom stereocenters. The van der Waals surface area contributed by atoms with Gasteiger partial charge < -0.3 is 15.8 Å². The van der Waals surface area contributed by atoms with Crippen LogP contribution in [-0.4, -0.2) is 20.2 Å². The number of ether oxygens (including phenoxy) is 1. The first-order chi connectivity index (χ1) is 15.8. The fourth-order valence-electron chi connectivity index (χ4n) is 6.86. The Morgan fingerprint density at radius 1 is 1.06 bits per heavy atom. The van der Waals surface area contributed by atoms with Gasteiger partial charge in [-0.15, -0.1) is 0 Å². The monoisotopic (exact) mass is 448 g/mol. The summed E-state index contributed by atoms with van der Waals surface area (Å²) in [5.41, 5.74) is 13.0. The molecule has 0 spiro atoms. The molecular formula is C30H44N2O. The summed E-state index contributed by atoms with van der Waals surface area (Å²) in [6, 6.07) is 15.6. The third-order valence-corrected chi connectivity index (χ3v) is 8.87. The summed E-state index contributed by atoms with van der Waals surface area (Å²) in [5, 5.41) is 3.81. The largest absolute Gasteiger partial charge is 0.497 e. The predicted octanol–water partition coefficient (Wildman–Crippen LogP) is 6.51.